The standard InChI is InChI=1S/C16H12Cl2O5S/c1-24(21,22)10-6-7-14(18)12(8-10)16(20)23-9-15(19)11-4-2-3-5-13(11)17/h2-8H,9H2,1H3. The van der Waals surface area contributed by atoms with Gasteiger partial charge in [-0.25, -0.2) is 13.2 Å². The fourth-order valence-corrected chi connectivity index (χ4v) is 2.95. The van der Waals surface area contributed by atoms with Gasteiger partial charge in [-0.15, -0.1) is 0 Å². The number of esters is 1. The first-order valence-corrected chi connectivity index (χ1v) is 9.29. The predicted octanol–water partition coefficient (Wildman–Crippen LogP) is 3.44. The van der Waals surface area contributed by atoms with Gasteiger partial charge in [0.2, 0.25) is 5.78 Å². The van der Waals surface area contributed by atoms with E-state index in [0.29, 0.717) is 0 Å². The Kier molecular flexibility index (Phi) is 5.64. The number of ketones is 1. The van der Waals surface area contributed by atoms with E-state index in [4.69, 9.17) is 27.9 Å². The smallest absolute Gasteiger partial charge is 0.340 e. The maximum atomic E-state index is 12.1. The van der Waals surface area contributed by atoms with Crippen LogP contribution in [-0.4, -0.2) is 33.0 Å². The van der Waals surface area contributed by atoms with E-state index in [0.717, 1.165) is 12.3 Å². The molecule has 0 aromatic heterocycles. The average Bonchev–Trinajstić information content (AvgIpc) is 2.52. The van der Waals surface area contributed by atoms with Crippen molar-refractivity contribution in [2.24, 2.45) is 0 Å². The van der Waals surface area contributed by atoms with E-state index in [2.05, 4.69) is 0 Å². The van der Waals surface area contributed by atoms with Crippen molar-refractivity contribution in [3.05, 3.63) is 63.6 Å². The molecular weight excluding hydrogens is 375 g/mol. The number of rotatable bonds is 5. The number of Topliss-reactive ketones (excluding diaryl/α,β-unsaturated/α-hetero) is 1. The van der Waals surface area contributed by atoms with Gasteiger partial charge in [-0.2, -0.15) is 0 Å². The normalized spacial score (nSPS) is 11.1. The molecule has 0 N–H and O–H groups in total. The van der Waals surface area contributed by atoms with E-state index in [-0.39, 0.29) is 26.1 Å². The SMILES string of the molecule is CS(=O)(=O)c1ccc(Cl)c(C(=O)OCC(=O)c2ccccc2Cl)c1. The second-order valence-electron chi connectivity index (χ2n) is 4.89. The molecule has 0 saturated carbocycles. The molecule has 0 saturated heterocycles. The van der Waals surface area contributed by atoms with Crippen LogP contribution in [0.2, 0.25) is 10.0 Å². The first kappa shape index (κ1) is 18.4. The Morgan fingerprint density at radius 1 is 1.00 bits per heavy atom. The van der Waals surface area contributed by atoms with Crippen LogP contribution in [0.25, 0.3) is 0 Å². The largest absolute Gasteiger partial charge is 0.454 e. The monoisotopic (exact) mass is 386 g/mol. The number of carbonyl (C=O) groups excluding carboxylic acids is 2. The zero-order valence-electron chi connectivity index (χ0n) is 12.5. The molecule has 0 aliphatic rings. The minimum absolute atomic E-state index is 0.0255. The number of benzene rings is 2. The number of hydrogen-bond donors (Lipinski definition) is 0. The molecule has 0 amide bonds. The van der Waals surface area contributed by atoms with E-state index >= 15 is 0 Å². The van der Waals surface area contributed by atoms with Crippen LogP contribution >= 0.6 is 23.2 Å². The van der Waals surface area contributed by atoms with Crippen LogP contribution in [0.4, 0.5) is 0 Å². The fraction of sp³-hybridized carbons (Fsp3) is 0.125. The highest BCUT2D eigenvalue weighted by atomic mass is 35.5. The van der Waals surface area contributed by atoms with Gasteiger partial charge >= 0.3 is 5.97 Å². The van der Waals surface area contributed by atoms with Gasteiger partial charge < -0.3 is 4.74 Å². The summed E-state index contributed by atoms with van der Waals surface area (Å²) in [5.74, 6) is -1.38. The Morgan fingerprint density at radius 2 is 1.62 bits per heavy atom. The molecule has 0 heterocycles. The molecule has 5 nitrogen and oxygen atoms in total. The van der Waals surface area contributed by atoms with Gasteiger partial charge in [-0.3, -0.25) is 4.79 Å². The van der Waals surface area contributed by atoms with E-state index in [1.807, 2.05) is 0 Å². The zero-order chi connectivity index (χ0) is 17.9. The van der Waals surface area contributed by atoms with Crippen molar-refractivity contribution in [2.45, 2.75) is 4.90 Å². The summed E-state index contributed by atoms with van der Waals surface area (Å²) in [7, 11) is -3.51. The highest BCUT2D eigenvalue weighted by Crippen LogP contribution is 2.22. The van der Waals surface area contributed by atoms with Crippen molar-refractivity contribution < 1.29 is 22.7 Å². The van der Waals surface area contributed by atoms with E-state index in [1.54, 1.807) is 18.2 Å². The second kappa shape index (κ2) is 7.34. The third kappa shape index (κ3) is 4.35. The first-order chi connectivity index (χ1) is 11.2. The quantitative estimate of drug-likeness (QED) is 0.580. The number of ether oxygens (including phenoxy) is 1. The van der Waals surface area contributed by atoms with Gasteiger partial charge in [0.25, 0.3) is 0 Å². The molecule has 126 valence electrons. The minimum atomic E-state index is -3.51. The van der Waals surface area contributed by atoms with Gasteiger partial charge in [0.1, 0.15) is 0 Å². The van der Waals surface area contributed by atoms with Gasteiger partial charge in [0, 0.05) is 11.8 Å². The summed E-state index contributed by atoms with van der Waals surface area (Å²) < 4.78 is 28.0. The highest BCUT2D eigenvalue weighted by Gasteiger charge is 2.18. The predicted molar refractivity (Wildman–Crippen MR) is 90.6 cm³/mol. The molecule has 0 bridgehead atoms. The molecule has 8 heteroatoms. The lowest BCUT2D eigenvalue weighted by Crippen LogP contribution is -2.15. The lowest BCUT2D eigenvalue weighted by molar-refractivity contribution is 0.0474. The van der Waals surface area contributed by atoms with Gasteiger partial charge in [-0.05, 0) is 30.3 Å². The number of halogens is 2. The summed E-state index contributed by atoms with van der Waals surface area (Å²) in [5.41, 5.74) is 0.0921. The second-order valence-corrected chi connectivity index (χ2v) is 7.72. The number of sulfone groups is 1. The topological polar surface area (TPSA) is 77.5 Å². The van der Waals surface area contributed by atoms with Crippen LogP contribution in [0, 0.1) is 0 Å². The van der Waals surface area contributed by atoms with Crippen molar-refractivity contribution in [3.8, 4) is 0 Å². The van der Waals surface area contributed by atoms with Crippen LogP contribution in [0.15, 0.2) is 47.4 Å². The third-order valence-corrected chi connectivity index (χ3v) is 4.86. The number of carbonyl (C=O) groups is 2. The summed E-state index contributed by atoms with van der Waals surface area (Å²) >= 11 is 11.8. The molecule has 0 aliphatic carbocycles. The van der Waals surface area contributed by atoms with Crippen molar-refractivity contribution >= 4 is 44.8 Å². The molecule has 2 aromatic carbocycles. The van der Waals surface area contributed by atoms with Gasteiger partial charge in [0.15, 0.2) is 16.4 Å². The maximum absolute atomic E-state index is 12.1. The van der Waals surface area contributed by atoms with Crippen molar-refractivity contribution in [1.82, 2.24) is 0 Å². The van der Waals surface area contributed by atoms with Crippen LogP contribution < -0.4 is 0 Å². The molecule has 0 radical (unpaired) electrons. The summed E-state index contributed by atoms with van der Waals surface area (Å²) in [6, 6.07) is 10.0. The molecule has 0 aliphatic heterocycles. The molecule has 0 spiro atoms. The van der Waals surface area contributed by atoms with Crippen LogP contribution in [0.5, 0.6) is 0 Å². The number of hydrogen-bond acceptors (Lipinski definition) is 5. The Balaban J connectivity index is 2.16. The van der Waals surface area contributed by atoms with Gasteiger partial charge in [0.05, 0.1) is 20.5 Å². The lowest BCUT2D eigenvalue weighted by Gasteiger charge is -2.08. The summed E-state index contributed by atoms with van der Waals surface area (Å²) in [6.07, 6.45) is 1.01. The molecule has 24 heavy (non-hydrogen) atoms. The van der Waals surface area contributed by atoms with E-state index in [9.17, 15) is 18.0 Å². The van der Waals surface area contributed by atoms with Crippen molar-refractivity contribution in [2.75, 3.05) is 12.9 Å². The molecular formula is C16H12Cl2O5S. The third-order valence-electron chi connectivity index (χ3n) is 3.09. The van der Waals surface area contributed by atoms with Gasteiger partial charge in [-0.1, -0.05) is 35.3 Å². The first-order valence-electron chi connectivity index (χ1n) is 6.64. The minimum Gasteiger partial charge on any atom is -0.454 e. The Hall–Kier alpha value is -1.89. The Bertz CT molecular complexity index is 906. The van der Waals surface area contributed by atoms with Crippen LogP contribution in [0.3, 0.4) is 0 Å². The molecule has 2 aromatic rings. The van der Waals surface area contributed by atoms with Crippen LogP contribution in [-0.2, 0) is 14.6 Å². The maximum Gasteiger partial charge on any atom is 0.340 e. The summed E-state index contributed by atoms with van der Waals surface area (Å²) in [6.45, 7) is -0.540. The van der Waals surface area contributed by atoms with E-state index in [1.165, 1.54) is 18.2 Å². The molecule has 0 unspecified atom stereocenters. The fourth-order valence-electron chi connectivity index (χ4n) is 1.87. The summed E-state index contributed by atoms with van der Waals surface area (Å²) in [5, 5.41) is 0.272. The molecule has 0 atom stereocenters. The molecule has 0 fully saturated rings. The Morgan fingerprint density at radius 3 is 2.25 bits per heavy atom. The van der Waals surface area contributed by atoms with Crippen LogP contribution in [0.1, 0.15) is 20.7 Å². The van der Waals surface area contributed by atoms with Crippen molar-refractivity contribution in [1.29, 1.82) is 0 Å². The zero-order valence-corrected chi connectivity index (χ0v) is 14.8. The lowest BCUT2D eigenvalue weighted by atomic mass is 10.1. The average molecular weight is 387 g/mol. The highest BCUT2D eigenvalue weighted by molar-refractivity contribution is 7.90. The molecule has 2 rings (SSSR count). The van der Waals surface area contributed by atoms with E-state index < -0.39 is 28.2 Å². The summed E-state index contributed by atoms with van der Waals surface area (Å²) in [4.78, 5) is 24.0. The van der Waals surface area contributed by atoms with Crippen molar-refractivity contribution in [3.63, 3.8) is 0 Å². The Labute approximate surface area is 149 Å².